The number of aliphatic imine (C=N–C) groups is 1. The molecule has 2 nitrogen and oxygen atoms in total. The number of nitrogens with zero attached hydrogens (tertiary/aromatic N) is 1. The lowest BCUT2D eigenvalue weighted by molar-refractivity contribution is 1.05. The van der Waals surface area contributed by atoms with Crippen LogP contribution in [0.2, 0.25) is 0 Å². The fourth-order valence-electron chi connectivity index (χ4n) is 0.555. The molecule has 0 unspecified atom stereocenters. The molecule has 0 atom stereocenters. The summed E-state index contributed by atoms with van der Waals surface area (Å²) in [6.45, 7) is 3.99. The minimum atomic E-state index is 0.901. The van der Waals surface area contributed by atoms with Crippen molar-refractivity contribution in [2.24, 2.45) is 10.7 Å². The fraction of sp³-hybridized carbons (Fsp3) is 0.571. The summed E-state index contributed by atoms with van der Waals surface area (Å²) in [6, 6.07) is 0. The molecular weight excluding hydrogens is 112 g/mol. The molecule has 0 aliphatic carbocycles. The largest absolute Gasteiger partial charge is 0.402 e. The second-order valence-corrected chi connectivity index (χ2v) is 1.95. The normalized spacial score (nSPS) is 14.1. The highest BCUT2D eigenvalue weighted by atomic mass is 14.6. The number of hydrogen-bond acceptors (Lipinski definition) is 2. The van der Waals surface area contributed by atoms with Crippen LogP contribution >= 0.6 is 0 Å². The first-order chi connectivity index (χ1) is 4.22. The average Bonchev–Trinajstić information content (AvgIpc) is 1.87. The van der Waals surface area contributed by atoms with Gasteiger partial charge in [0.2, 0.25) is 0 Å². The maximum absolute atomic E-state index is 5.59. The first-order valence-electron chi connectivity index (χ1n) is 3.09. The third-order valence-corrected chi connectivity index (χ3v) is 1.21. The molecule has 0 aliphatic heterocycles. The zero-order chi connectivity index (χ0) is 7.28. The lowest BCUT2D eigenvalue weighted by Gasteiger charge is -1.96. The Balaban J connectivity index is 4.10. The molecule has 0 heterocycles. The first-order valence-corrected chi connectivity index (χ1v) is 3.09. The molecule has 0 radical (unpaired) electrons. The third kappa shape index (κ3) is 2.90. The number of rotatable bonds is 2. The minimum Gasteiger partial charge on any atom is -0.402 e. The van der Waals surface area contributed by atoms with E-state index in [1.807, 2.05) is 13.8 Å². The zero-order valence-corrected chi connectivity index (χ0v) is 6.31. The van der Waals surface area contributed by atoms with Gasteiger partial charge in [0.05, 0.1) is 0 Å². The summed E-state index contributed by atoms with van der Waals surface area (Å²) < 4.78 is 0. The molecule has 0 aromatic carbocycles. The highest BCUT2D eigenvalue weighted by Gasteiger charge is 1.88. The summed E-state index contributed by atoms with van der Waals surface area (Å²) in [5.41, 5.74) is 7.58. The molecule has 0 saturated carbocycles. The molecule has 0 aliphatic rings. The van der Waals surface area contributed by atoms with Gasteiger partial charge in [-0.05, 0) is 18.9 Å². The van der Waals surface area contributed by atoms with Gasteiger partial charge in [-0.2, -0.15) is 0 Å². The van der Waals surface area contributed by atoms with Crippen LogP contribution in [0.15, 0.2) is 16.3 Å². The first kappa shape index (κ1) is 8.21. The Morgan fingerprint density at radius 3 is 2.56 bits per heavy atom. The molecule has 52 valence electrons. The second-order valence-electron chi connectivity index (χ2n) is 1.95. The molecule has 0 bridgehead atoms. The van der Waals surface area contributed by atoms with E-state index in [1.165, 1.54) is 0 Å². The van der Waals surface area contributed by atoms with E-state index in [9.17, 15) is 0 Å². The predicted octanol–water partition coefficient (Wildman–Crippen LogP) is 1.33. The van der Waals surface area contributed by atoms with Gasteiger partial charge in [-0.3, -0.25) is 4.99 Å². The van der Waals surface area contributed by atoms with Crippen LogP contribution in [0, 0.1) is 0 Å². The Bertz CT molecular complexity index is 134. The quantitative estimate of drug-likeness (QED) is 0.557. The Kier molecular flexibility index (Phi) is 3.76. The molecule has 0 amide bonds. The molecule has 0 spiro atoms. The molecular formula is C7H14N2. The highest BCUT2D eigenvalue weighted by Crippen LogP contribution is 1.97. The standard InChI is InChI=1S/C7H14N2/c1-4-7(8)6(2)5-9-3/h5H,4,8H2,1-3H3. The van der Waals surface area contributed by atoms with E-state index in [0.29, 0.717) is 0 Å². The molecule has 0 aromatic heterocycles. The van der Waals surface area contributed by atoms with Crippen molar-refractivity contribution in [1.82, 2.24) is 0 Å². The smallest absolute Gasteiger partial charge is 0.0277 e. The van der Waals surface area contributed by atoms with Crippen LogP contribution in [-0.4, -0.2) is 13.3 Å². The summed E-state index contributed by atoms with van der Waals surface area (Å²) in [4.78, 5) is 3.84. The molecule has 0 fully saturated rings. The SMILES string of the molecule is CCC(N)=C(C)C=NC. The van der Waals surface area contributed by atoms with Crippen molar-refractivity contribution >= 4 is 6.21 Å². The zero-order valence-electron chi connectivity index (χ0n) is 6.31. The van der Waals surface area contributed by atoms with E-state index in [4.69, 9.17) is 5.73 Å². The van der Waals surface area contributed by atoms with Gasteiger partial charge in [0.15, 0.2) is 0 Å². The van der Waals surface area contributed by atoms with Crippen molar-refractivity contribution < 1.29 is 0 Å². The lowest BCUT2D eigenvalue weighted by Crippen LogP contribution is -1.99. The lowest BCUT2D eigenvalue weighted by atomic mass is 10.2. The Hall–Kier alpha value is -0.790. The van der Waals surface area contributed by atoms with E-state index in [2.05, 4.69) is 4.99 Å². The summed E-state index contributed by atoms with van der Waals surface area (Å²) in [5.74, 6) is 0. The Morgan fingerprint density at radius 2 is 2.22 bits per heavy atom. The third-order valence-electron chi connectivity index (χ3n) is 1.21. The summed E-state index contributed by atoms with van der Waals surface area (Å²) >= 11 is 0. The van der Waals surface area contributed by atoms with Crippen LogP contribution < -0.4 is 5.73 Å². The van der Waals surface area contributed by atoms with Crippen molar-refractivity contribution in [3.63, 3.8) is 0 Å². The van der Waals surface area contributed by atoms with E-state index in [1.54, 1.807) is 13.3 Å². The Morgan fingerprint density at radius 1 is 1.67 bits per heavy atom. The van der Waals surface area contributed by atoms with E-state index >= 15 is 0 Å². The van der Waals surface area contributed by atoms with Gasteiger partial charge in [-0.1, -0.05) is 6.92 Å². The van der Waals surface area contributed by atoms with Crippen LogP contribution in [0.4, 0.5) is 0 Å². The molecule has 9 heavy (non-hydrogen) atoms. The minimum absolute atomic E-state index is 0.901. The van der Waals surface area contributed by atoms with Crippen LogP contribution in [0.3, 0.4) is 0 Å². The predicted molar refractivity (Wildman–Crippen MR) is 41.6 cm³/mol. The van der Waals surface area contributed by atoms with Crippen molar-refractivity contribution in [3.8, 4) is 0 Å². The fourth-order valence-corrected chi connectivity index (χ4v) is 0.555. The second kappa shape index (κ2) is 4.13. The van der Waals surface area contributed by atoms with Crippen LogP contribution in [0.25, 0.3) is 0 Å². The van der Waals surface area contributed by atoms with Gasteiger partial charge in [0.25, 0.3) is 0 Å². The van der Waals surface area contributed by atoms with Crippen LogP contribution in [0.5, 0.6) is 0 Å². The van der Waals surface area contributed by atoms with E-state index < -0.39 is 0 Å². The maximum Gasteiger partial charge on any atom is 0.0277 e. The van der Waals surface area contributed by atoms with Crippen molar-refractivity contribution in [2.45, 2.75) is 20.3 Å². The molecule has 0 aromatic rings. The van der Waals surface area contributed by atoms with Crippen molar-refractivity contribution in [3.05, 3.63) is 11.3 Å². The monoisotopic (exact) mass is 126 g/mol. The summed E-state index contributed by atoms with van der Waals surface area (Å²) in [5, 5.41) is 0. The number of allylic oxidation sites excluding steroid dienone is 2. The average molecular weight is 126 g/mol. The molecule has 0 rings (SSSR count). The van der Waals surface area contributed by atoms with Gasteiger partial charge in [0, 0.05) is 19.0 Å². The highest BCUT2D eigenvalue weighted by molar-refractivity contribution is 5.78. The van der Waals surface area contributed by atoms with Gasteiger partial charge < -0.3 is 5.73 Å². The van der Waals surface area contributed by atoms with Gasteiger partial charge in [-0.15, -0.1) is 0 Å². The van der Waals surface area contributed by atoms with Gasteiger partial charge >= 0.3 is 0 Å². The molecule has 0 saturated heterocycles. The molecule has 2 N–H and O–H groups in total. The number of nitrogens with two attached hydrogens (primary N) is 1. The van der Waals surface area contributed by atoms with Crippen LogP contribution in [-0.2, 0) is 0 Å². The van der Waals surface area contributed by atoms with Gasteiger partial charge in [0.1, 0.15) is 0 Å². The van der Waals surface area contributed by atoms with Crippen molar-refractivity contribution in [1.29, 1.82) is 0 Å². The van der Waals surface area contributed by atoms with Crippen molar-refractivity contribution in [2.75, 3.05) is 7.05 Å². The summed E-state index contributed by atoms with van der Waals surface area (Å²) in [6.07, 6.45) is 2.68. The number of hydrogen-bond donors (Lipinski definition) is 1. The van der Waals surface area contributed by atoms with Crippen LogP contribution in [0.1, 0.15) is 20.3 Å². The molecule has 2 heteroatoms. The Labute approximate surface area is 56.5 Å². The van der Waals surface area contributed by atoms with Gasteiger partial charge in [-0.25, -0.2) is 0 Å². The van der Waals surface area contributed by atoms with E-state index in [-0.39, 0.29) is 0 Å². The van der Waals surface area contributed by atoms with E-state index in [0.717, 1.165) is 17.7 Å². The summed E-state index contributed by atoms with van der Waals surface area (Å²) in [7, 11) is 1.74. The topological polar surface area (TPSA) is 38.4 Å². The maximum atomic E-state index is 5.59.